The van der Waals surface area contributed by atoms with Gasteiger partial charge in [0.2, 0.25) is 0 Å². The number of rotatable bonds is 3. The van der Waals surface area contributed by atoms with E-state index in [0.29, 0.717) is 23.7 Å². The summed E-state index contributed by atoms with van der Waals surface area (Å²) in [6.45, 7) is 0. The molecule has 0 aromatic rings. The summed E-state index contributed by atoms with van der Waals surface area (Å²) < 4.78 is 6.18. The smallest absolute Gasteiger partial charge is 0.320 e. The van der Waals surface area contributed by atoms with Crippen LogP contribution in [0.3, 0.4) is 0 Å². The fraction of sp³-hybridized carbons (Fsp3) is 0.857. The lowest BCUT2D eigenvalue weighted by molar-refractivity contribution is -0.173. The highest BCUT2D eigenvalue weighted by Crippen LogP contribution is 2.91. The Kier molecular flexibility index (Phi) is 1.19. The molecule has 2 heterocycles. The zero-order valence-electron chi connectivity index (χ0n) is 10.1. The van der Waals surface area contributed by atoms with Gasteiger partial charge in [0.1, 0.15) is 0 Å². The Morgan fingerprint density at radius 1 is 1.00 bits per heavy atom. The molecular weight excluding hydrogens is 248 g/mol. The number of carbonyl (C=O) groups is 2. The Balaban J connectivity index is 1.60. The first-order chi connectivity index (χ1) is 9.09. The van der Waals surface area contributed by atoms with E-state index in [0.717, 1.165) is 11.8 Å². The molecule has 5 heteroatoms. The fourth-order valence-corrected chi connectivity index (χ4v) is 8.03. The summed E-state index contributed by atoms with van der Waals surface area (Å²) in [6, 6.07) is 0. The zero-order valence-corrected chi connectivity index (χ0v) is 10.1. The number of aliphatic carboxylic acids is 2. The molecule has 19 heavy (non-hydrogen) atoms. The SMILES string of the molecule is O=C(O)C(C(=O)O)[C@]12O[C@@H]3[C@H]4C1C1C5C[C@@H]([C@@H]3C52)[C@H]14. The van der Waals surface area contributed by atoms with Gasteiger partial charge >= 0.3 is 11.9 Å². The van der Waals surface area contributed by atoms with Crippen molar-refractivity contribution in [3.8, 4) is 0 Å². The topological polar surface area (TPSA) is 83.8 Å². The molecule has 5 aliphatic carbocycles. The molecule has 7 fully saturated rings. The van der Waals surface area contributed by atoms with Crippen molar-refractivity contribution in [2.24, 2.45) is 53.3 Å². The molecule has 0 aromatic carbocycles. The van der Waals surface area contributed by atoms with Crippen LogP contribution in [0.25, 0.3) is 0 Å². The van der Waals surface area contributed by atoms with Gasteiger partial charge in [-0.1, -0.05) is 0 Å². The predicted octanol–water partition coefficient (Wildman–Crippen LogP) is 0.297. The average Bonchev–Trinajstić information content (AvgIpc) is 2.87. The molecule has 4 unspecified atom stereocenters. The van der Waals surface area contributed by atoms with E-state index >= 15 is 0 Å². The summed E-state index contributed by atoms with van der Waals surface area (Å²) in [7, 11) is 0. The predicted molar refractivity (Wildman–Crippen MR) is 58.9 cm³/mol. The van der Waals surface area contributed by atoms with Gasteiger partial charge in [0.25, 0.3) is 0 Å². The molecule has 2 aliphatic heterocycles. The van der Waals surface area contributed by atoms with Gasteiger partial charge in [0.05, 0.1) is 11.7 Å². The van der Waals surface area contributed by atoms with Crippen LogP contribution in [0.4, 0.5) is 0 Å². The number of carboxylic acids is 2. The van der Waals surface area contributed by atoms with Crippen molar-refractivity contribution in [3.63, 3.8) is 0 Å². The first-order valence-corrected chi connectivity index (χ1v) is 7.22. The number of hydrogen-bond donors (Lipinski definition) is 2. The Bertz CT molecular complexity index is 548. The second kappa shape index (κ2) is 2.32. The lowest BCUT2D eigenvalue weighted by Gasteiger charge is -2.46. The highest BCUT2D eigenvalue weighted by atomic mass is 16.5. The number of carboxylic acid groups (broad SMARTS) is 2. The van der Waals surface area contributed by atoms with Crippen LogP contribution in [0.5, 0.6) is 0 Å². The molecule has 0 amide bonds. The molecule has 100 valence electrons. The third-order valence-electron chi connectivity index (χ3n) is 7.71. The van der Waals surface area contributed by atoms with Gasteiger partial charge in [-0.15, -0.1) is 0 Å². The maximum absolute atomic E-state index is 11.5. The van der Waals surface area contributed by atoms with Gasteiger partial charge in [0.15, 0.2) is 5.92 Å². The third-order valence-corrected chi connectivity index (χ3v) is 7.71. The number of ether oxygens (including phenoxy) is 1. The minimum atomic E-state index is -1.36. The quantitative estimate of drug-likeness (QED) is 0.714. The molecule has 0 aromatic heterocycles. The second-order valence-electron chi connectivity index (χ2n) is 7.47. The van der Waals surface area contributed by atoms with E-state index in [1.807, 2.05) is 0 Å². The largest absolute Gasteiger partial charge is 0.481 e. The Morgan fingerprint density at radius 3 is 2.42 bits per heavy atom. The van der Waals surface area contributed by atoms with Crippen LogP contribution in [0.15, 0.2) is 0 Å². The van der Waals surface area contributed by atoms with E-state index in [2.05, 4.69) is 0 Å². The molecule has 0 spiro atoms. The summed E-state index contributed by atoms with van der Waals surface area (Å²) in [4.78, 5) is 23.1. The molecule has 2 saturated heterocycles. The van der Waals surface area contributed by atoms with Crippen molar-refractivity contribution in [1.82, 2.24) is 0 Å². The second-order valence-corrected chi connectivity index (χ2v) is 7.47. The van der Waals surface area contributed by atoms with Gasteiger partial charge < -0.3 is 14.9 Å². The van der Waals surface area contributed by atoms with Crippen LogP contribution in [0.2, 0.25) is 0 Å². The van der Waals surface area contributed by atoms with Gasteiger partial charge in [-0.25, -0.2) is 0 Å². The van der Waals surface area contributed by atoms with E-state index in [1.165, 1.54) is 6.42 Å². The lowest BCUT2D eigenvalue weighted by Crippen LogP contribution is -2.56. The summed E-state index contributed by atoms with van der Waals surface area (Å²) in [5.74, 6) is 0.281. The summed E-state index contributed by atoms with van der Waals surface area (Å²) in [5, 5.41) is 18.8. The van der Waals surface area contributed by atoms with E-state index in [4.69, 9.17) is 4.74 Å². The molecule has 5 nitrogen and oxygen atoms in total. The van der Waals surface area contributed by atoms with Gasteiger partial charge in [-0.05, 0) is 53.8 Å². The van der Waals surface area contributed by atoms with Gasteiger partial charge in [0, 0.05) is 0 Å². The highest BCUT2D eigenvalue weighted by Gasteiger charge is 2.94. The van der Waals surface area contributed by atoms with E-state index in [1.54, 1.807) is 0 Å². The Hall–Kier alpha value is -1.10. The van der Waals surface area contributed by atoms with Crippen LogP contribution < -0.4 is 0 Å². The van der Waals surface area contributed by atoms with Crippen molar-refractivity contribution >= 4 is 11.9 Å². The molecule has 2 N–H and O–H groups in total. The minimum Gasteiger partial charge on any atom is -0.481 e. The standard InChI is InChI=1S/C14H14O5/c15-12(16)10(13(17)18)14-8-3-1-2-4-5(3)9(14)7(4)11(19-14)6(2)8/h2-11H,1H2,(H,15,16)(H,17,18)/t2-,3?,4-,5?,6-,7-,8?,9?,11+,14-/m1/s1. The summed E-state index contributed by atoms with van der Waals surface area (Å²) in [6.07, 6.45) is 1.40. The van der Waals surface area contributed by atoms with E-state index < -0.39 is 23.5 Å². The minimum absolute atomic E-state index is 0.190. The lowest BCUT2D eigenvalue weighted by atomic mass is 9.55. The van der Waals surface area contributed by atoms with Crippen LogP contribution in [-0.4, -0.2) is 33.9 Å². The Labute approximate surface area is 108 Å². The van der Waals surface area contributed by atoms with Crippen molar-refractivity contribution < 1.29 is 24.5 Å². The van der Waals surface area contributed by atoms with Gasteiger partial charge in [-0.2, -0.15) is 0 Å². The fourth-order valence-electron chi connectivity index (χ4n) is 8.03. The summed E-state index contributed by atoms with van der Waals surface area (Å²) >= 11 is 0. The van der Waals surface area contributed by atoms with E-state index in [-0.39, 0.29) is 17.9 Å². The van der Waals surface area contributed by atoms with E-state index in [9.17, 15) is 19.8 Å². The molecular formula is C14H14O5. The highest BCUT2D eigenvalue weighted by molar-refractivity contribution is 5.95. The molecule has 5 saturated carbocycles. The molecule has 7 rings (SSSR count). The first-order valence-electron chi connectivity index (χ1n) is 7.22. The average molecular weight is 262 g/mol. The maximum atomic E-state index is 11.5. The van der Waals surface area contributed by atoms with Crippen molar-refractivity contribution in [2.45, 2.75) is 18.1 Å². The summed E-state index contributed by atoms with van der Waals surface area (Å²) in [5.41, 5.74) is -0.852. The first kappa shape index (κ1) is 9.75. The van der Waals surface area contributed by atoms with Crippen LogP contribution >= 0.6 is 0 Å². The zero-order chi connectivity index (χ0) is 12.8. The molecule has 10 atom stereocenters. The van der Waals surface area contributed by atoms with Crippen molar-refractivity contribution in [1.29, 1.82) is 0 Å². The monoisotopic (exact) mass is 262 g/mol. The Morgan fingerprint density at radius 2 is 1.74 bits per heavy atom. The molecule has 0 radical (unpaired) electrons. The maximum Gasteiger partial charge on any atom is 0.320 e. The normalized spacial score (nSPS) is 67.5. The van der Waals surface area contributed by atoms with Crippen molar-refractivity contribution in [3.05, 3.63) is 0 Å². The third kappa shape index (κ3) is 0.618. The van der Waals surface area contributed by atoms with Crippen LogP contribution in [0, 0.1) is 53.3 Å². The van der Waals surface area contributed by atoms with Crippen molar-refractivity contribution in [2.75, 3.05) is 0 Å². The molecule has 7 aliphatic rings. The van der Waals surface area contributed by atoms with Gasteiger partial charge in [-0.3, -0.25) is 9.59 Å². The van der Waals surface area contributed by atoms with Crippen LogP contribution in [0.1, 0.15) is 6.42 Å². The van der Waals surface area contributed by atoms with Crippen LogP contribution in [-0.2, 0) is 14.3 Å². The molecule has 4 bridgehead atoms. The number of hydrogen-bond acceptors (Lipinski definition) is 3.